The van der Waals surface area contributed by atoms with Gasteiger partial charge in [-0.25, -0.2) is 0 Å². The molecule has 4 heteroatoms. The molecule has 66 heavy (non-hydrogen) atoms. The van der Waals surface area contributed by atoms with Gasteiger partial charge in [0, 0.05) is 49.3 Å². The molecule has 0 saturated heterocycles. The van der Waals surface area contributed by atoms with E-state index in [-0.39, 0.29) is 0 Å². The molecule has 0 spiro atoms. The van der Waals surface area contributed by atoms with Crippen LogP contribution >= 0.6 is 0 Å². The van der Waals surface area contributed by atoms with Crippen molar-refractivity contribution < 1.29 is 8.83 Å². The monoisotopic (exact) mass is 842 g/mol. The average molecular weight is 843 g/mol. The van der Waals surface area contributed by atoms with Gasteiger partial charge in [-0.1, -0.05) is 158 Å². The highest BCUT2D eigenvalue weighted by Crippen LogP contribution is 2.49. The Balaban J connectivity index is 0.980. The molecule has 0 aliphatic rings. The number of nitrogens with zero attached hydrogens (tertiary/aromatic N) is 2. The van der Waals surface area contributed by atoms with Crippen molar-refractivity contribution in [1.29, 1.82) is 0 Å². The lowest BCUT2D eigenvalue weighted by Gasteiger charge is -2.29. The van der Waals surface area contributed by atoms with Crippen molar-refractivity contribution in [3.05, 3.63) is 231 Å². The summed E-state index contributed by atoms with van der Waals surface area (Å²) in [6.45, 7) is 0. The fourth-order valence-corrected chi connectivity index (χ4v) is 10.6. The molecule has 0 aliphatic heterocycles. The van der Waals surface area contributed by atoms with Gasteiger partial charge in [0.25, 0.3) is 0 Å². The van der Waals surface area contributed by atoms with Crippen LogP contribution < -0.4 is 4.90 Å². The molecule has 0 amide bonds. The lowest BCUT2D eigenvalue weighted by atomic mass is 9.96. The number of hydrogen-bond donors (Lipinski definition) is 0. The van der Waals surface area contributed by atoms with Crippen LogP contribution in [0, 0.1) is 0 Å². The predicted molar refractivity (Wildman–Crippen MR) is 276 cm³/mol. The van der Waals surface area contributed by atoms with Gasteiger partial charge in [0.05, 0.1) is 27.8 Å². The normalized spacial score (nSPS) is 11.9. The van der Waals surface area contributed by atoms with Crippen molar-refractivity contribution in [1.82, 2.24) is 4.57 Å². The second-order valence-corrected chi connectivity index (χ2v) is 17.2. The number of fused-ring (bicyclic) bond motifs is 12. The standard InChI is InChI=1S/C62H38N2O2/c1-2-15-44-41(14-1)38-56(48-17-4-3-16-47(44)48)64(43-32-28-39(29-33-43)45-22-13-27-59-60(45)51-20-7-11-25-57(51)65-59)55-37-36-46(62-61(55)52-21-8-12-26-58(52)66-62)40-30-34-42(35-31-40)63-53-23-9-5-18-49(53)50-19-6-10-24-54(50)63/h1-38H. The lowest BCUT2D eigenvalue weighted by Crippen LogP contribution is -2.11. The predicted octanol–water partition coefficient (Wildman–Crippen LogP) is 17.7. The van der Waals surface area contributed by atoms with Crippen LogP contribution in [0.15, 0.2) is 239 Å². The summed E-state index contributed by atoms with van der Waals surface area (Å²) in [6.07, 6.45) is 0. The molecule has 0 saturated carbocycles. The maximum Gasteiger partial charge on any atom is 0.145 e. The summed E-state index contributed by atoms with van der Waals surface area (Å²) < 4.78 is 15.7. The van der Waals surface area contributed by atoms with E-state index in [0.29, 0.717) is 0 Å². The third-order valence-corrected chi connectivity index (χ3v) is 13.6. The Morgan fingerprint density at radius 2 is 0.879 bits per heavy atom. The zero-order valence-corrected chi connectivity index (χ0v) is 35.7. The van der Waals surface area contributed by atoms with Crippen LogP contribution in [0.3, 0.4) is 0 Å². The molecule has 14 rings (SSSR count). The van der Waals surface area contributed by atoms with Crippen molar-refractivity contribution >= 4 is 104 Å². The van der Waals surface area contributed by atoms with Gasteiger partial charge < -0.3 is 18.3 Å². The molecule has 0 bridgehead atoms. The van der Waals surface area contributed by atoms with E-state index in [2.05, 4.69) is 228 Å². The Hall–Kier alpha value is -8.86. The first-order valence-corrected chi connectivity index (χ1v) is 22.5. The first-order valence-electron chi connectivity index (χ1n) is 22.5. The van der Waals surface area contributed by atoms with Crippen LogP contribution in [0.5, 0.6) is 0 Å². The molecular weight excluding hydrogens is 805 g/mol. The fraction of sp³-hybridized carbons (Fsp3) is 0. The SMILES string of the molecule is c1ccc2c(c1)cc(N(c1ccc(-c3cccc4oc5ccccc5c34)cc1)c1ccc(-c3ccc(-n4c5ccccc5c5ccccc54)cc3)c3oc4ccccc4c13)c1ccccc12. The Morgan fingerprint density at radius 3 is 1.61 bits per heavy atom. The average Bonchev–Trinajstić information content (AvgIpc) is 4.07. The molecule has 3 aromatic heterocycles. The number of anilines is 3. The van der Waals surface area contributed by atoms with Gasteiger partial charge >= 0.3 is 0 Å². The lowest BCUT2D eigenvalue weighted by molar-refractivity contribution is 0.669. The zero-order chi connectivity index (χ0) is 43.3. The molecule has 0 N–H and O–H groups in total. The van der Waals surface area contributed by atoms with Crippen molar-refractivity contribution in [2.75, 3.05) is 4.90 Å². The summed E-state index contributed by atoms with van der Waals surface area (Å²) >= 11 is 0. The first-order chi connectivity index (χ1) is 32.7. The van der Waals surface area contributed by atoms with Crippen molar-refractivity contribution in [2.24, 2.45) is 0 Å². The zero-order valence-electron chi connectivity index (χ0n) is 35.7. The minimum absolute atomic E-state index is 0.849. The van der Waals surface area contributed by atoms with Gasteiger partial charge in [-0.2, -0.15) is 0 Å². The third-order valence-electron chi connectivity index (χ3n) is 13.6. The Labute approximate surface area is 379 Å². The molecule has 0 aliphatic carbocycles. The fourth-order valence-electron chi connectivity index (χ4n) is 10.6. The first kappa shape index (κ1) is 36.6. The molecule has 3 heterocycles. The largest absolute Gasteiger partial charge is 0.456 e. The summed E-state index contributed by atoms with van der Waals surface area (Å²) in [4.78, 5) is 2.44. The molecule has 14 aromatic rings. The molecular formula is C62H38N2O2. The van der Waals surface area contributed by atoms with Crippen molar-refractivity contribution in [3.8, 4) is 27.9 Å². The van der Waals surface area contributed by atoms with Gasteiger partial charge in [-0.05, 0) is 106 Å². The highest BCUT2D eigenvalue weighted by atomic mass is 16.3. The Morgan fingerprint density at radius 1 is 0.333 bits per heavy atom. The Bertz CT molecular complexity index is 4170. The second-order valence-electron chi connectivity index (χ2n) is 17.2. The third kappa shape index (κ3) is 5.45. The molecule has 11 aromatic carbocycles. The number of hydrogen-bond acceptors (Lipinski definition) is 3. The number of benzene rings is 11. The maximum atomic E-state index is 6.98. The van der Waals surface area contributed by atoms with Crippen molar-refractivity contribution in [2.45, 2.75) is 0 Å². The maximum absolute atomic E-state index is 6.98. The van der Waals surface area contributed by atoms with Crippen LogP contribution in [-0.2, 0) is 0 Å². The Kier molecular flexibility index (Phi) is 7.95. The summed E-state index contributed by atoms with van der Waals surface area (Å²) in [5, 5.41) is 11.7. The van der Waals surface area contributed by atoms with E-state index >= 15 is 0 Å². The molecule has 0 radical (unpaired) electrons. The number of rotatable bonds is 6. The van der Waals surface area contributed by atoms with E-state index in [9.17, 15) is 0 Å². The van der Waals surface area contributed by atoms with E-state index in [1.165, 1.54) is 43.4 Å². The van der Waals surface area contributed by atoms with Crippen LogP contribution in [-0.4, -0.2) is 4.57 Å². The number of aromatic nitrogens is 1. The highest BCUT2D eigenvalue weighted by Gasteiger charge is 2.25. The van der Waals surface area contributed by atoms with Crippen molar-refractivity contribution in [3.63, 3.8) is 0 Å². The molecule has 0 atom stereocenters. The van der Waals surface area contributed by atoms with Gasteiger partial charge in [-0.15, -0.1) is 0 Å². The number of para-hydroxylation sites is 4. The highest BCUT2D eigenvalue weighted by molar-refractivity contribution is 6.20. The molecule has 4 nitrogen and oxygen atoms in total. The van der Waals surface area contributed by atoms with E-state index in [1.807, 2.05) is 12.1 Å². The van der Waals surface area contributed by atoms with Crippen LogP contribution in [0.2, 0.25) is 0 Å². The minimum Gasteiger partial charge on any atom is -0.456 e. The quantitative estimate of drug-likeness (QED) is 0.156. The molecule has 0 unspecified atom stereocenters. The second kappa shape index (κ2) is 14.3. The van der Waals surface area contributed by atoms with E-state index < -0.39 is 0 Å². The van der Waals surface area contributed by atoms with E-state index in [0.717, 1.165) is 88.9 Å². The van der Waals surface area contributed by atoms with Crippen LogP contribution in [0.1, 0.15) is 0 Å². The van der Waals surface area contributed by atoms with Gasteiger partial charge in [-0.3, -0.25) is 0 Å². The van der Waals surface area contributed by atoms with Gasteiger partial charge in [0.1, 0.15) is 22.3 Å². The summed E-state index contributed by atoms with van der Waals surface area (Å²) in [5.74, 6) is 0. The molecule has 0 fully saturated rings. The van der Waals surface area contributed by atoms with Gasteiger partial charge in [0.2, 0.25) is 0 Å². The number of furan rings is 2. The van der Waals surface area contributed by atoms with E-state index in [1.54, 1.807) is 0 Å². The van der Waals surface area contributed by atoms with E-state index in [4.69, 9.17) is 8.83 Å². The van der Waals surface area contributed by atoms with Crippen LogP contribution in [0.4, 0.5) is 17.1 Å². The minimum atomic E-state index is 0.849. The van der Waals surface area contributed by atoms with Gasteiger partial charge in [0.15, 0.2) is 0 Å². The van der Waals surface area contributed by atoms with Crippen LogP contribution in [0.25, 0.3) is 115 Å². The summed E-state index contributed by atoms with van der Waals surface area (Å²) in [5.41, 5.74) is 14.5. The summed E-state index contributed by atoms with van der Waals surface area (Å²) in [6, 6.07) is 82.7. The topological polar surface area (TPSA) is 34.5 Å². The smallest absolute Gasteiger partial charge is 0.145 e. The summed E-state index contributed by atoms with van der Waals surface area (Å²) in [7, 11) is 0. The molecule has 308 valence electrons.